The molecule has 0 atom stereocenters. The normalized spacial score (nSPS) is 16.4. The van der Waals surface area contributed by atoms with E-state index < -0.39 is 0 Å². The molecule has 10 heteroatoms. The predicted octanol–water partition coefficient (Wildman–Crippen LogP) is 4.54. The fourth-order valence-electron chi connectivity index (χ4n) is 4.76. The molecule has 1 fully saturated rings. The van der Waals surface area contributed by atoms with E-state index in [2.05, 4.69) is 26.7 Å². The molecule has 1 amide bonds. The van der Waals surface area contributed by atoms with Crippen LogP contribution in [0.5, 0.6) is 0 Å². The summed E-state index contributed by atoms with van der Waals surface area (Å²) >= 11 is 12.7. The molecule has 0 radical (unpaired) electrons. The second-order valence-corrected chi connectivity index (χ2v) is 9.61. The van der Waals surface area contributed by atoms with Gasteiger partial charge in [-0.3, -0.25) is 9.69 Å². The lowest BCUT2D eigenvalue weighted by Gasteiger charge is -2.35. The second-order valence-electron chi connectivity index (χ2n) is 8.79. The topological polar surface area (TPSA) is 93.6 Å². The molecule has 0 bridgehead atoms. The number of carbonyl (C=O) groups excluding carboxylic acids is 1. The number of anilines is 4. The number of fused-ring (bicyclic) bond motifs is 1. The second kappa shape index (κ2) is 9.99. The van der Waals surface area contributed by atoms with Crippen molar-refractivity contribution in [1.82, 2.24) is 15.3 Å². The minimum absolute atomic E-state index is 0.0303. The number of piperidine rings is 1. The van der Waals surface area contributed by atoms with Gasteiger partial charge in [0.15, 0.2) is 0 Å². The molecule has 3 heterocycles. The van der Waals surface area contributed by atoms with Gasteiger partial charge in [-0.15, -0.1) is 0 Å². The molecule has 5 rings (SSSR count). The third kappa shape index (κ3) is 4.67. The van der Waals surface area contributed by atoms with Crippen LogP contribution in [0.25, 0.3) is 0 Å². The molecule has 3 aromatic rings. The highest BCUT2D eigenvalue weighted by atomic mass is 35.5. The molecule has 1 aromatic heterocycles. The maximum absolute atomic E-state index is 13.3. The molecule has 35 heavy (non-hydrogen) atoms. The Balaban J connectivity index is 1.40. The molecule has 1 saturated heterocycles. The van der Waals surface area contributed by atoms with Gasteiger partial charge in [0.2, 0.25) is 5.95 Å². The summed E-state index contributed by atoms with van der Waals surface area (Å²) in [6.07, 6.45) is 3.63. The van der Waals surface area contributed by atoms with Gasteiger partial charge in [-0.25, -0.2) is 4.98 Å². The number of aliphatic hydroxyl groups excluding tert-OH is 1. The van der Waals surface area contributed by atoms with Crippen molar-refractivity contribution in [2.24, 2.45) is 0 Å². The highest BCUT2D eigenvalue weighted by Gasteiger charge is 2.32. The molecule has 3 N–H and O–H groups in total. The summed E-state index contributed by atoms with van der Waals surface area (Å²) in [5.74, 6) is 1.06. The molecule has 0 unspecified atom stereocenters. The van der Waals surface area contributed by atoms with Crippen LogP contribution < -0.4 is 20.4 Å². The first-order valence-corrected chi connectivity index (χ1v) is 12.3. The van der Waals surface area contributed by atoms with Crippen molar-refractivity contribution in [3.05, 3.63) is 69.3 Å². The minimum atomic E-state index is -0.270. The van der Waals surface area contributed by atoms with Crippen LogP contribution in [-0.2, 0) is 6.61 Å². The third-order valence-corrected chi connectivity index (χ3v) is 7.13. The van der Waals surface area contributed by atoms with E-state index in [1.165, 1.54) is 16.7 Å². The van der Waals surface area contributed by atoms with Gasteiger partial charge >= 0.3 is 0 Å². The number of nitrogens with zero attached hydrogens (tertiary/aromatic N) is 4. The number of amides is 1. The highest BCUT2D eigenvalue weighted by Crippen LogP contribution is 2.38. The van der Waals surface area contributed by atoms with Crippen LogP contribution in [0.4, 0.5) is 23.1 Å². The van der Waals surface area contributed by atoms with E-state index in [1.54, 1.807) is 18.2 Å². The summed E-state index contributed by atoms with van der Waals surface area (Å²) in [6.45, 7) is 2.19. The Morgan fingerprint density at radius 3 is 2.63 bits per heavy atom. The zero-order chi connectivity index (χ0) is 24.5. The van der Waals surface area contributed by atoms with Crippen molar-refractivity contribution in [1.29, 1.82) is 0 Å². The Morgan fingerprint density at radius 1 is 1.17 bits per heavy atom. The summed E-state index contributed by atoms with van der Waals surface area (Å²) in [5.41, 5.74) is 3.69. The van der Waals surface area contributed by atoms with Gasteiger partial charge < -0.3 is 20.6 Å². The molecule has 8 nitrogen and oxygen atoms in total. The highest BCUT2D eigenvalue weighted by molar-refractivity contribution is 6.40. The van der Waals surface area contributed by atoms with Crippen molar-refractivity contribution < 1.29 is 9.90 Å². The SMILES string of the molecule is CN1CN(c2c(Cl)cccc2Cl)C(=O)c2cnc(Nc3ccc(C4CCNCC4)c(CO)c3)nc21. The Kier molecular flexibility index (Phi) is 6.80. The van der Waals surface area contributed by atoms with E-state index in [0.29, 0.717) is 39.0 Å². The zero-order valence-electron chi connectivity index (χ0n) is 19.3. The van der Waals surface area contributed by atoms with Crippen molar-refractivity contribution in [3.8, 4) is 0 Å². The van der Waals surface area contributed by atoms with Crippen LogP contribution in [-0.4, -0.2) is 47.8 Å². The lowest BCUT2D eigenvalue weighted by Crippen LogP contribution is -2.46. The minimum Gasteiger partial charge on any atom is -0.392 e. The smallest absolute Gasteiger partial charge is 0.265 e. The Bertz CT molecular complexity index is 1240. The Labute approximate surface area is 213 Å². The lowest BCUT2D eigenvalue weighted by atomic mass is 9.87. The van der Waals surface area contributed by atoms with Crippen LogP contribution in [0.15, 0.2) is 42.6 Å². The van der Waals surface area contributed by atoms with Gasteiger partial charge in [0.05, 0.1) is 29.0 Å². The largest absolute Gasteiger partial charge is 0.392 e. The number of aromatic nitrogens is 2. The molecule has 2 aliphatic rings. The molecule has 182 valence electrons. The first-order chi connectivity index (χ1) is 17.0. The standard InChI is InChI=1S/C25H26Cl2N6O2/c1-32-14-33(22-20(26)3-2-4-21(22)27)24(35)19-12-29-25(31-23(19)32)30-17-5-6-18(16(11-17)13-34)15-7-9-28-10-8-15/h2-6,11-12,15,28,34H,7-10,13-14H2,1H3,(H,29,30,31). The van der Waals surface area contributed by atoms with Gasteiger partial charge in [0.1, 0.15) is 11.4 Å². The Morgan fingerprint density at radius 2 is 1.91 bits per heavy atom. The summed E-state index contributed by atoms with van der Waals surface area (Å²) in [7, 11) is 1.84. The summed E-state index contributed by atoms with van der Waals surface area (Å²) in [4.78, 5) is 25.6. The number of halogens is 2. The molecular weight excluding hydrogens is 487 g/mol. The number of benzene rings is 2. The number of carbonyl (C=O) groups is 1. The monoisotopic (exact) mass is 512 g/mol. The number of para-hydroxylation sites is 1. The molecule has 0 spiro atoms. The number of nitrogens with one attached hydrogen (secondary N) is 2. The van der Waals surface area contributed by atoms with Crippen molar-refractivity contribution in [2.75, 3.05) is 41.9 Å². The van der Waals surface area contributed by atoms with E-state index in [0.717, 1.165) is 37.2 Å². The summed E-state index contributed by atoms with van der Waals surface area (Å²) in [5, 5.41) is 17.4. The van der Waals surface area contributed by atoms with Crippen LogP contribution in [0.2, 0.25) is 10.0 Å². The number of aliphatic hydroxyl groups is 1. The quantitative estimate of drug-likeness (QED) is 0.461. The maximum Gasteiger partial charge on any atom is 0.265 e. The molecule has 0 aliphatic carbocycles. The molecular formula is C25H26Cl2N6O2. The van der Waals surface area contributed by atoms with E-state index >= 15 is 0 Å². The van der Waals surface area contributed by atoms with Crippen LogP contribution in [0.3, 0.4) is 0 Å². The molecule has 2 aromatic carbocycles. The third-order valence-electron chi connectivity index (χ3n) is 6.52. The first-order valence-electron chi connectivity index (χ1n) is 11.5. The average Bonchev–Trinajstić information content (AvgIpc) is 2.87. The summed E-state index contributed by atoms with van der Waals surface area (Å²) in [6, 6.07) is 11.1. The zero-order valence-corrected chi connectivity index (χ0v) is 20.8. The predicted molar refractivity (Wildman–Crippen MR) is 139 cm³/mol. The summed E-state index contributed by atoms with van der Waals surface area (Å²) < 4.78 is 0. The fraction of sp³-hybridized carbons (Fsp3) is 0.320. The van der Waals surface area contributed by atoms with Gasteiger partial charge in [-0.05, 0) is 67.2 Å². The number of hydrogen-bond donors (Lipinski definition) is 3. The van der Waals surface area contributed by atoms with E-state index in [-0.39, 0.29) is 19.2 Å². The van der Waals surface area contributed by atoms with Crippen LogP contribution in [0, 0.1) is 0 Å². The van der Waals surface area contributed by atoms with Gasteiger partial charge in [0, 0.05) is 18.9 Å². The Hall–Kier alpha value is -2.91. The maximum atomic E-state index is 13.3. The van der Waals surface area contributed by atoms with E-state index in [1.807, 2.05) is 24.1 Å². The average molecular weight is 513 g/mol. The van der Waals surface area contributed by atoms with Crippen molar-refractivity contribution in [2.45, 2.75) is 25.4 Å². The van der Waals surface area contributed by atoms with Crippen LogP contribution >= 0.6 is 23.2 Å². The fourth-order valence-corrected chi connectivity index (χ4v) is 5.36. The van der Waals surface area contributed by atoms with E-state index in [4.69, 9.17) is 23.2 Å². The van der Waals surface area contributed by atoms with E-state index in [9.17, 15) is 9.90 Å². The van der Waals surface area contributed by atoms with Gasteiger partial charge in [-0.2, -0.15) is 4.98 Å². The lowest BCUT2D eigenvalue weighted by molar-refractivity contribution is 0.0982. The van der Waals surface area contributed by atoms with Crippen LogP contribution in [0.1, 0.15) is 40.2 Å². The van der Waals surface area contributed by atoms with Gasteiger partial charge in [0.25, 0.3) is 5.91 Å². The van der Waals surface area contributed by atoms with Crippen molar-refractivity contribution >= 4 is 52.3 Å². The molecule has 2 aliphatic heterocycles. The van der Waals surface area contributed by atoms with Gasteiger partial charge in [-0.1, -0.05) is 35.3 Å². The number of hydrogen-bond acceptors (Lipinski definition) is 7. The van der Waals surface area contributed by atoms with Crippen molar-refractivity contribution in [3.63, 3.8) is 0 Å². The molecule has 0 saturated carbocycles. The first kappa shape index (κ1) is 23.8. The number of rotatable bonds is 5.